The molecule has 1 unspecified atom stereocenters. The van der Waals surface area contributed by atoms with Crippen LogP contribution in [-0.4, -0.2) is 6.15 Å². The van der Waals surface area contributed by atoms with E-state index in [-0.39, 0.29) is 12.1 Å². The molecule has 0 N–H and O–H groups in total. The smallest absolute Gasteiger partial charge is 0.198 e. The summed E-state index contributed by atoms with van der Waals surface area (Å²) in [4.78, 5) is 16.2. The molecule has 0 bridgehead atoms. The van der Waals surface area contributed by atoms with Crippen molar-refractivity contribution in [1.82, 2.24) is 0 Å². The Morgan fingerprint density at radius 2 is 1.79 bits per heavy atom. The summed E-state index contributed by atoms with van der Waals surface area (Å²) in [7, 11) is 0. The van der Waals surface area contributed by atoms with Gasteiger partial charge in [-0.15, -0.1) is 0 Å². The molecule has 1 rings (SSSR count). The monoisotopic (exact) mass is 189 g/mol. The zero-order chi connectivity index (χ0) is 10.8. The highest BCUT2D eigenvalue weighted by molar-refractivity contribution is 5.24. The minimum atomic E-state index is 0.0659. The number of rotatable bonds is 2. The van der Waals surface area contributed by atoms with Gasteiger partial charge in [-0.25, -0.2) is 0 Å². The van der Waals surface area contributed by atoms with E-state index in [4.69, 9.17) is 14.9 Å². The number of carbonyl (C=O) groups excluding carboxylic acids is 2. The lowest BCUT2D eigenvalue weighted by molar-refractivity contribution is -0.191. The fourth-order valence-corrected chi connectivity index (χ4v) is 1.09. The lowest BCUT2D eigenvalue weighted by Gasteiger charge is -2.03. The van der Waals surface area contributed by atoms with Crippen molar-refractivity contribution in [2.75, 3.05) is 0 Å². The number of hydrogen-bond donors (Lipinski definition) is 0. The summed E-state index contributed by atoms with van der Waals surface area (Å²) in [5.41, 5.74) is 1.12. The first kappa shape index (κ1) is 12.1. The van der Waals surface area contributed by atoms with Crippen molar-refractivity contribution in [3.63, 3.8) is 0 Å². The van der Waals surface area contributed by atoms with E-state index in [2.05, 4.69) is 6.07 Å². The van der Waals surface area contributed by atoms with Crippen molar-refractivity contribution < 1.29 is 9.59 Å². The van der Waals surface area contributed by atoms with Crippen molar-refractivity contribution in [2.24, 2.45) is 0 Å². The normalized spacial score (nSPS) is 10.0. The Morgan fingerprint density at radius 3 is 2.14 bits per heavy atom. The zero-order valence-corrected chi connectivity index (χ0v) is 7.93. The second kappa shape index (κ2) is 7.72. The van der Waals surface area contributed by atoms with E-state index < -0.39 is 0 Å². The molecule has 14 heavy (non-hydrogen) atoms. The van der Waals surface area contributed by atoms with Gasteiger partial charge in [-0.3, -0.25) is 0 Å². The molecule has 0 aliphatic heterocycles. The van der Waals surface area contributed by atoms with Crippen molar-refractivity contribution in [1.29, 1.82) is 5.26 Å². The topological polar surface area (TPSA) is 57.9 Å². The average Bonchev–Trinajstić information content (AvgIpc) is 2.22. The molecule has 0 spiro atoms. The predicted octanol–water partition coefficient (Wildman–Crippen LogP) is 2.12. The SMILES string of the molecule is CCC(C#N)c1ccccc1.O=C=O. The van der Waals surface area contributed by atoms with E-state index in [9.17, 15) is 0 Å². The number of nitrogens with zero attached hydrogens (tertiary/aromatic N) is 1. The van der Waals surface area contributed by atoms with Crippen molar-refractivity contribution >= 4 is 6.15 Å². The zero-order valence-electron chi connectivity index (χ0n) is 7.93. The summed E-state index contributed by atoms with van der Waals surface area (Å²) >= 11 is 0. The van der Waals surface area contributed by atoms with Gasteiger partial charge in [0.05, 0.1) is 12.0 Å². The van der Waals surface area contributed by atoms with E-state index >= 15 is 0 Å². The standard InChI is InChI=1S/C10H11N.CO2/c1-2-9(8-11)10-6-4-3-5-7-10;2-1-3/h3-7,9H,2H2,1H3;. The van der Waals surface area contributed by atoms with Gasteiger partial charge >= 0.3 is 6.15 Å². The summed E-state index contributed by atoms with van der Waals surface area (Å²) in [6.07, 6.45) is 1.14. The quantitative estimate of drug-likeness (QED) is 0.715. The average molecular weight is 189 g/mol. The van der Waals surface area contributed by atoms with Gasteiger partial charge in [-0.1, -0.05) is 37.3 Å². The lowest BCUT2D eigenvalue weighted by atomic mass is 9.99. The third kappa shape index (κ3) is 4.20. The summed E-state index contributed by atoms with van der Waals surface area (Å²) in [6.45, 7) is 2.03. The van der Waals surface area contributed by atoms with Gasteiger partial charge in [0, 0.05) is 0 Å². The van der Waals surface area contributed by atoms with Gasteiger partial charge in [0.1, 0.15) is 0 Å². The molecule has 1 atom stereocenters. The van der Waals surface area contributed by atoms with Gasteiger partial charge in [-0.2, -0.15) is 14.9 Å². The minimum absolute atomic E-state index is 0.0659. The molecule has 0 saturated heterocycles. The van der Waals surface area contributed by atoms with Crippen LogP contribution in [0.4, 0.5) is 0 Å². The highest BCUT2D eigenvalue weighted by Gasteiger charge is 2.04. The molecule has 0 heterocycles. The van der Waals surface area contributed by atoms with Gasteiger partial charge < -0.3 is 0 Å². The van der Waals surface area contributed by atoms with Crippen LogP contribution in [-0.2, 0) is 9.59 Å². The van der Waals surface area contributed by atoms with Gasteiger partial charge in [-0.05, 0) is 12.0 Å². The molecule has 3 heteroatoms. The Bertz CT molecular complexity index is 321. The van der Waals surface area contributed by atoms with Crippen LogP contribution >= 0.6 is 0 Å². The molecule has 0 fully saturated rings. The largest absolute Gasteiger partial charge is 0.373 e. The molecular formula is C11H11NO2. The van der Waals surface area contributed by atoms with Crippen molar-refractivity contribution in [2.45, 2.75) is 19.3 Å². The molecule has 0 saturated carbocycles. The molecule has 72 valence electrons. The molecule has 0 aliphatic rings. The van der Waals surface area contributed by atoms with E-state index in [1.807, 2.05) is 37.3 Å². The number of nitriles is 1. The Hall–Kier alpha value is -1.91. The Morgan fingerprint density at radius 1 is 1.29 bits per heavy atom. The second-order valence-corrected chi connectivity index (χ2v) is 2.58. The molecule has 3 nitrogen and oxygen atoms in total. The number of benzene rings is 1. The third-order valence-corrected chi connectivity index (χ3v) is 1.77. The van der Waals surface area contributed by atoms with E-state index in [1.54, 1.807) is 0 Å². The highest BCUT2D eigenvalue weighted by atomic mass is 16.2. The van der Waals surface area contributed by atoms with Crippen LogP contribution < -0.4 is 0 Å². The van der Waals surface area contributed by atoms with Crippen LogP contribution in [0.3, 0.4) is 0 Å². The fraction of sp³-hybridized carbons (Fsp3) is 0.273. The van der Waals surface area contributed by atoms with Crippen molar-refractivity contribution in [3.8, 4) is 6.07 Å². The van der Waals surface area contributed by atoms with Crippen LogP contribution in [0, 0.1) is 11.3 Å². The molecule has 1 aromatic carbocycles. The predicted molar refractivity (Wildman–Crippen MR) is 50.1 cm³/mol. The fourth-order valence-electron chi connectivity index (χ4n) is 1.09. The maximum atomic E-state index is 8.73. The molecule has 0 amide bonds. The van der Waals surface area contributed by atoms with Gasteiger partial charge in [0.25, 0.3) is 0 Å². The van der Waals surface area contributed by atoms with E-state index in [1.165, 1.54) is 0 Å². The summed E-state index contributed by atoms with van der Waals surface area (Å²) in [6, 6.07) is 12.2. The second-order valence-electron chi connectivity index (χ2n) is 2.58. The first-order chi connectivity index (χ1) is 6.79. The molecule has 1 aromatic rings. The van der Waals surface area contributed by atoms with Gasteiger partial charge in [0.15, 0.2) is 0 Å². The maximum Gasteiger partial charge on any atom is 0.373 e. The minimum Gasteiger partial charge on any atom is -0.198 e. The number of hydrogen-bond acceptors (Lipinski definition) is 3. The van der Waals surface area contributed by atoms with Crippen molar-refractivity contribution in [3.05, 3.63) is 35.9 Å². The summed E-state index contributed by atoms with van der Waals surface area (Å²) < 4.78 is 0. The third-order valence-electron chi connectivity index (χ3n) is 1.77. The van der Waals surface area contributed by atoms with Gasteiger partial charge in [0.2, 0.25) is 0 Å². The van der Waals surface area contributed by atoms with Crippen LogP contribution in [0.1, 0.15) is 24.8 Å². The van der Waals surface area contributed by atoms with E-state index in [0.717, 1.165) is 12.0 Å². The molecule has 0 aromatic heterocycles. The lowest BCUT2D eigenvalue weighted by Crippen LogP contribution is -1.91. The van der Waals surface area contributed by atoms with Crippen LogP contribution in [0.15, 0.2) is 30.3 Å². The Labute approximate surface area is 83.0 Å². The van der Waals surface area contributed by atoms with Crippen LogP contribution in [0.5, 0.6) is 0 Å². The highest BCUT2D eigenvalue weighted by Crippen LogP contribution is 2.16. The summed E-state index contributed by atoms with van der Waals surface area (Å²) in [5, 5.41) is 8.73. The Balaban J connectivity index is 0.000000500. The molecular weight excluding hydrogens is 178 g/mol. The van der Waals surface area contributed by atoms with Crippen LogP contribution in [0.25, 0.3) is 0 Å². The molecule has 0 aliphatic carbocycles. The van der Waals surface area contributed by atoms with Crippen LogP contribution in [0.2, 0.25) is 0 Å². The maximum absolute atomic E-state index is 8.73. The molecule has 0 radical (unpaired) electrons. The first-order valence-electron chi connectivity index (χ1n) is 4.24. The van der Waals surface area contributed by atoms with E-state index in [0.29, 0.717) is 0 Å². The Kier molecular flexibility index (Phi) is 6.67. The summed E-state index contributed by atoms with van der Waals surface area (Å²) in [5.74, 6) is 0.0659. The first-order valence-corrected chi connectivity index (χ1v) is 4.24.